The Labute approximate surface area is 588 Å². The van der Waals surface area contributed by atoms with Crippen LogP contribution in [0.4, 0.5) is 0 Å². The number of phenolic OH excluding ortho intramolecular Hbond substituents is 1. The van der Waals surface area contributed by atoms with Crippen molar-refractivity contribution in [2.24, 2.45) is 23.3 Å². The number of fused-ring (bicyclic) bond motifs is 1. The number of rotatable bonds is 38. The highest BCUT2D eigenvalue weighted by molar-refractivity contribution is 6.00. The largest absolute Gasteiger partial charge is 0.508 e. The third kappa shape index (κ3) is 21.6. The van der Waals surface area contributed by atoms with Crippen LogP contribution in [-0.4, -0.2) is 231 Å². The van der Waals surface area contributed by atoms with Gasteiger partial charge >= 0.3 is 5.97 Å². The molecule has 0 spiro atoms. The maximum absolute atomic E-state index is 14.9. The molecule has 34 heteroatoms. The number of nitrogens with two attached hydrogens (primary N) is 2. The van der Waals surface area contributed by atoms with Crippen LogP contribution in [0.1, 0.15) is 109 Å². The number of aliphatic carboxylic acids is 1. The van der Waals surface area contributed by atoms with Gasteiger partial charge in [0.1, 0.15) is 72.2 Å². The summed E-state index contributed by atoms with van der Waals surface area (Å²) in [5, 5.41) is 65.1. The zero-order chi connectivity index (χ0) is 74.3. The molecule has 13 atom stereocenters. The minimum Gasteiger partial charge on any atom is -0.508 e. The number of aromatic amines is 3. The van der Waals surface area contributed by atoms with Gasteiger partial charge in [0.25, 0.3) is 0 Å². The second-order valence-electron chi connectivity index (χ2n) is 26.2. The summed E-state index contributed by atoms with van der Waals surface area (Å²) in [5.74, 6) is -11.8. The van der Waals surface area contributed by atoms with Crippen molar-refractivity contribution in [2.75, 3.05) is 32.8 Å². The Morgan fingerprint density at radius 1 is 0.569 bits per heavy atom. The van der Waals surface area contributed by atoms with Crippen molar-refractivity contribution in [1.29, 1.82) is 0 Å². The number of H-pyrrole nitrogens is 3. The van der Waals surface area contributed by atoms with Gasteiger partial charge in [0.15, 0.2) is 0 Å². The number of nitrogens with zero attached hydrogens (tertiary/aromatic N) is 4. The maximum Gasteiger partial charge on any atom is 0.326 e. The van der Waals surface area contributed by atoms with Gasteiger partial charge in [-0.1, -0.05) is 64.4 Å². The van der Waals surface area contributed by atoms with Gasteiger partial charge in [-0.15, -0.1) is 0 Å². The first kappa shape index (κ1) is 79.0. The van der Waals surface area contributed by atoms with Crippen molar-refractivity contribution < 1.29 is 78.0 Å². The van der Waals surface area contributed by atoms with Crippen LogP contribution in [-0.2, 0) is 83.2 Å². The zero-order valence-electron chi connectivity index (χ0n) is 57.7. The Bertz CT molecular complexity index is 3680. The van der Waals surface area contributed by atoms with Gasteiger partial charge in [-0.3, -0.25) is 52.7 Å². The smallest absolute Gasteiger partial charge is 0.326 e. The average molecular weight is 1420 g/mol. The number of carbonyl (C=O) groups is 12. The average Bonchev–Trinajstić information content (AvgIpc) is 1.55. The lowest BCUT2D eigenvalue weighted by Gasteiger charge is -2.33. The normalized spacial score (nSPS) is 17.6. The number of aliphatic hydroxyl groups is 2. The van der Waals surface area contributed by atoms with Crippen molar-refractivity contribution in [3.63, 3.8) is 0 Å². The molecule has 11 amide bonds. The number of hydrogen-bond acceptors (Lipinski definition) is 19. The lowest BCUT2D eigenvalue weighted by molar-refractivity contribution is -0.149. The van der Waals surface area contributed by atoms with Crippen LogP contribution < -0.4 is 59.3 Å². The molecule has 0 radical (unpaired) electrons. The number of hydrogen-bond donors (Lipinski definition) is 18. The van der Waals surface area contributed by atoms with E-state index < -0.39 is 168 Å². The summed E-state index contributed by atoms with van der Waals surface area (Å²) in [6.07, 6.45) is 8.95. The Hall–Kier alpha value is -10.3. The SMILES string of the molecule is CC[C@H](C)[C@H](NC(=O)[C@H](Cc1cnc[nH]1)NC(=O)[C@H](C)NC(=O)[C@H](CO)NC(=O)[C@@H](N)Cc1c[nH]c2ccccc12)C(=O)N[C@H](C(=O)N1CCC[C@H]1C(=O)N[C@@H](Cc1ccc(O)cc1)C(=O)N[C@@H](CO)C(=O)N[C@@H](Cc1cnc[nH]1)C(=O)N[C@@H](CCCCN)C(=O)N1CCC[C@H]1C(=O)O)C(C)C. The molecule has 2 fully saturated rings. The molecule has 0 unspecified atom stereocenters. The number of imidazole rings is 2. The van der Waals surface area contributed by atoms with E-state index in [2.05, 4.69) is 72.8 Å². The molecule has 0 saturated carbocycles. The van der Waals surface area contributed by atoms with E-state index >= 15 is 0 Å². The van der Waals surface area contributed by atoms with Crippen LogP contribution in [0.5, 0.6) is 5.75 Å². The Morgan fingerprint density at radius 2 is 1.09 bits per heavy atom. The van der Waals surface area contributed by atoms with Gasteiger partial charge in [0.2, 0.25) is 65.0 Å². The standard InChI is InChI=1S/C68H96N18O16/c1-6-37(4)56(84-61(94)50(28-42-31-72-35-75-42)78-57(90)38(5)76-62(95)51(32-87)81-58(91)45(70)26-40-29-73-46-14-8-7-13-44(40)46)65(98)83-55(36(2)3)67(100)85-23-11-16-53(85)64(97)80-48(25-39-18-20-43(89)21-19-39)59(92)82-52(33-88)63(96)79-49(27-41-30-71-34-74-41)60(93)77-47(15-9-10-22-69)66(99)86-24-12-17-54(86)68(101)102/h7-8,13-14,18-21,29-31,34-38,45,47-56,73,87-89H,6,9-12,15-17,22-28,32-33,69-70H2,1-5H3,(H,71,74)(H,72,75)(H,76,95)(H,77,93)(H,78,90)(H,79,96)(H,80,97)(H,81,91)(H,82,92)(H,83,98)(H,84,94)(H,101,102)/t37-,38-,45-,47-,48-,49-,50-,51-,52-,53-,54-,55-,56-/m0/s1. The summed E-state index contributed by atoms with van der Waals surface area (Å²) in [7, 11) is 0. The fraction of sp³-hybridized carbons (Fsp3) is 0.529. The molecular formula is C68H96N18O16. The molecule has 3 aromatic heterocycles. The highest BCUT2D eigenvalue weighted by Gasteiger charge is 2.43. The van der Waals surface area contributed by atoms with Crippen LogP contribution in [0.2, 0.25) is 0 Å². The van der Waals surface area contributed by atoms with Gasteiger partial charge < -0.3 is 104 Å². The van der Waals surface area contributed by atoms with E-state index in [4.69, 9.17) is 11.5 Å². The number of benzene rings is 2. The number of aromatic nitrogens is 5. The Balaban J connectivity index is 1.01. The molecule has 2 aromatic carbocycles. The molecule has 554 valence electrons. The number of para-hydroxylation sites is 1. The number of amides is 11. The Kier molecular flexibility index (Phi) is 29.4. The van der Waals surface area contributed by atoms with E-state index in [0.717, 1.165) is 16.5 Å². The molecule has 2 aliphatic rings. The minimum absolute atomic E-state index is 0.0317. The summed E-state index contributed by atoms with van der Waals surface area (Å²) in [4.78, 5) is 187. The lowest BCUT2D eigenvalue weighted by atomic mass is 9.95. The second kappa shape index (κ2) is 37.9. The van der Waals surface area contributed by atoms with E-state index in [-0.39, 0.29) is 70.3 Å². The molecule has 102 heavy (non-hydrogen) atoms. The third-order valence-electron chi connectivity index (χ3n) is 18.3. The molecule has 0 bridgehead atoms. The van der Waals surface area contributed by atoms with E-state index in [9.17, 15) is 78.0 Å². The molecular weight excluding hydrogens is 1320 g/mol. The van der Waals surface area contributed by atoms with Crippen molar-refractivity contribution >= 4 is 81.9 Å². The van der Waals surface area contributed by atoms with Gasteiger partial charge in [-0.2, -0.15) is 0 Å². The summed E-state index contributed by atoms with van der Waals surface area (Å²) in [5.41, 5.74) is 14.7. The first-order valence-corrected chi connectivity index (χ1v) is 34.3. The molecule has 7 rings (SSSR count). The van der Waals surface area contributed by atoms with Crippen molar-refractivity contribution in [3.05, 3.63) is 102 Å². The van der Waals surface area contributed by atoms with Crippen LogP contribution in [0, 0.1) is 11.8 Å². The highest BCUT2D eigenvalue weighted by atomic mass is 16.4. The van der Waals surface area contributed by atoms with Crippen molar-refractivity contribution in [3.8, 4) is 5.75 Å². The number of carboxylic acids is 1. The third-order valence-corrected chi connectivity index (χ3v) is 18.3. The lowest BCUT2D eigenvalue weighted by Crippen LogP contribution is -2.62. The topological polar surface area (TPSA) is 526 Å². The van der Waals surface area contributed by atoms with Crippen molar-refractivity contribution in [2.45, 2.75) is 184 Å². The number of aliphatic hydroxyl groups excluding tert-OH is 2. The number of carboxylic acid groups (broad SMARTS) is 1. The maximum atomic E-state index is 14.9. The zero-order valence-corrected chi connectivity index (χ0v) is 57.7. The first-order valence-electron chi connectivity index (χ1n) is 34.3. The van der Waals surface area contributed by atoms with Crippen molar-refractivity contribution in [1.82, 2.24) is 82.6 Å². The fourth-order valence-corrected chi connectivity index (χ4v) is 12.2. The van der Waals surface area contributed by atoms with E-state index in [1.165, 1.54) is 66.0 Å². The van der Waals surface area contributed by atoms with Gasteiger partial charge in [-0.05, 0) is 106 Å². The summed E-state index contributed by atoms with van der Waals surface area (Å²) in [6, 6.07) is -3.33. The quantitative estimate of drug-likeness (QED) is 0.0177. The molecule has 0 aliphatic carbocycles. The number of carbonyl (C=O) groups excluding carboxylic acids is 11. The minimum atomic E-state index is -1.77. The second-order valence-corrected chi connectivity index (χ2v) is 26.2. The molecule has 2 aliphatic heterocycles. The molecule has 2 saturated heterocycles. The van der Waals surface area contributed by atoms with Crippen LogP contribution in [0.25, 0.3) is 10.9 Å². The van der Waals surface area contributed by atoms with Gasteiger partial charge in [-0.25, -0.2) is 14.8 Å². The summed E-state index contributed by atoms with van der Waals surface area (Å²) < 4.78 is 0. The number of likely N-dealkylation sites (tertiary alicyclic amines) is 2. The molecule has 20 N–H and O–H groups in total. The van der Waals surface area contributed by atoms with Crippen LogP contribution >= 0.6 is 0 Å². The highest BCUT2D eigenvalue weighted by Crippen LogP contribution is 2.24. The van der Waals surface area contributed by atoms with Crippen LogP contribution in [0.3, 0.4) is 0 Å². The van der Waals surface area contributed by atoms with E-state index in [1.54, 1.807) is 33.9 Å². The number of aromatic hydroxyl groups is 1. The van der Waals surface area contributed by atoms with E-state index in [1.807, 2.05) is 24.3 Å². The van der Waals surface area contributed by atoms with Gasteiger partial charge in [0, 0.05) is 73.2 Å². The summed E-state index contributed by atoms with van der Waals surface area (Å²) in [6.45, 7) is 6.66. The molecule has 34 nitrogen and oxygen atoms in total. The Morgan fingerprint density at radius 3 is 1.66 bits per heavy atom. The van der Waals surface area contributed by atoms with Gasteiger partial charge in [0.05, 0.1) is 31.9 Å². The molecule has 5 aromatic rings. The number of nitrogens with one attached hydrogen (secondary N) is 12. The number of unbranched alkanes of at least 4 members (excludes halogenated alkanes) is 1. The van der Waals surface area contributed by atoms with E-state index in [0.29, 0.717) is 49.1 Å². The molecule has 5 heterocycles. The fourth-order valence-electron chi connectivity index (χ4n) is 12.2. The van der Waals surface area contributed by atoms with Crippen LogP contribution in [0.15, 0.2) is 79.8 Å². The summed E-state index contributed by atoms with van der Waals surface area (Å²) >= 11 is 0. The predicted molar refractivity (Wildman–Crippen MR) is 368 cm³/mol. The predicted octanol–water partition coefficient (Wildman–Crippen LogP) is -2.82. The monoisotopic (exact) mass is 1420 g/mol. The number of phenols is 1. The first-order chi connectivity index (χ1) is 48.7.